The highest BCUT2D eigenvalue weighted by Crippen LogP contribution is 2.31. The molecular weight excluding hydrogens is 254 g/mol. The molecule has 2 aromatic rings. The third kappa shape index (κ3) is 2.92. The van der Waals surface area contributed by atoms with Crippen molar-refractivity contribution in [2.24, 2.45) is 5.73 Å². The Labute approximate surface area is 118 Å². The maximum absolute atomic E-state index is 9.06. The molecule has 0 aliphatic carbocycles. The number of hydrogen-bond acceptors (Lipinski definition) is 4. The number of aliphatic hydroxyl groups is 1. The van der Waals surface area contributed by atoms with Crippen molar-refractivity contribution in [1.29, 1.82) is 0 Å². The molecule has 0 bridgehead atoms. The average molecular weight is 273 g/mol. The fourth-order valence-electron chi connectivity index (χ4n) is 2.09. The van der Waals surface area contributed by atoms with Crippen LogP contribution >= 0.6 is 0 Å². The van der Waals surface area contributed by atoms with Crippen molar-refractivity contribution in [3.05, 3.63) is 59.2 Å². The first-order chi connectivity index (χ1) is 9.69. The fraction of sp³-hybridized carbons (Fsp3) is 0.250. The number of benzene rings is 2. The van der Waals surface area contributed by atoms with Crippen LogP contribution in [0.15, 0.2) is 42.5 Å². The van der Waals surface area contributed by atoms with Gasteiger partial charge in [0.05, 0.1) is 26.9 Å². The average Bonchev–Trinajstić information content (AvgIpc) is 2.53. The molecule has 0 aliphatic heterocycles. The molecule has 3 N–H and O–H groups in total. The Bertz CT molecular complexity index is 566. The molecule has 1 unspecified atom stereocenters. The Kier molecular flexibility index (Phi) is 4.61. The summed E-state index contributed by atoms with van der Waals surface area (Å²) in [6.45, 7) is 0.0291. The third-order valence-corrected chi connectivity index (χ3v) is 3.30. The van der Waals surface area contributed by atoms with E-state index in [0.717, 1.165) is 22.4 Å². The second-order valence-electron chi connectivity index (χ2n) is 4.49. The van der Waals surface area contributed by atoms with Gasteiger partial charge in [-0.3, -0.25) is 0 Å². The molecule has 2 aromatic carbocycles. The van der Waals surface area contributed by atoms with Crippen molar-refractivity contribution >= 4 is 0 Å². The largest absolute Gasteiger partial charge is 0.497 e. The molecule has 4 nitrogen and oxygen atoms in total. The minimum atomic E-state index is -0.288. The summed E-state index contributed by atoms with van der Waals surface area (Å²) in [5.41, 5.74) is 9.01. The molecule has 0 fully saturated rings. The molecular formula is C16H19NO3. The van der Waals surface area contributed by atoms with Gasteiger partial charge in [0.25, 0.3) is 0 Å². The summed E-state index contributed by atoms with van der Waals surface area (Å²) in [4.78, 5) is 0. The van der Waals surface area contributed by atoms with E-state index in [-0.39, 0.29) is 12.6 Å². The molecule has 0 aliphatic rings. The molecule has 4 heteroatoms. The van der Waals surface area contributed by atoms with Crippen LogP contribution in [0.3, 0.4) is 0 Å². The van der Waals surface area contributed by atoms with Crippen LogP contribution in [-0.2, 0) is 6.61 Å². The Balaban J connectivity index is 2.33. The van der Waals surface area contributed by atoms with Crippen LogP contribution in [0.5, 0.6) is 11.5 Å². The summed E-state index contributed by atoms with van der Waals surface area (Å²) in [6, 6.07) is 12.9. The first-order valence-corrected chi connectivity index (χ1v) is 6.36. The van der Waals surface area contributed by atoms with Gasteiger partial charge in [0.1, 0.15) is 11.5 Å². The molecule has 1 atom stereocenters. The smallest absolute Gasteiger partial charge is 0.127 e. The van der Waals surface area contributed by atoms with Gasteiger partial charge in [-0.05, 0) is 23.3 Å². The van der Waals surface area contributed by atoms with Crippen LogP contribution in [0.1, 0.15) is 22.7 Å². The lowest BCUT2D eigenvalue weighted by Crippen LogP contribution is -2.13. The molecule has 2 rings (SSSR count). The van der Waals surface area contributed by atoms with Crippen molar-refractivity contribution < 1.29 is 14.6 Å². The number of aliphatic hydroxyl groups excluding tert-OH is 1. The molecule has 106 valence electrons. The zero-order chi connectivity index (χ0) is 14.5. The van der Waals surface area contributed by atoms with Crippen LogP contribution in [0, 0.1) is 0 Å². The van der Waals surface area contributed by atoms with Crippen molar-refractivity contribution in [3.8, 4) is 11.5 Å². The van der Waals surface area contributed by atoms with Crippen LogP contribution in [0.25, 0.3) is 0 Å². The predicted molar refractivity (Wildman–Crippen MR) is 77.9 cm³/mol. The third-order valence-electron chi connectivity index (χ3n) is 3.30. The van der Waals surface area contributed by atoms with Gasteiger partial charge in [-0.2, -0.15) is 0 Å². The van der Waals surface area contributed by atoms with Crippen LogP contribution < -0.4 is 15.2 Å². The van der Waals surface area contributed by atoms with Gasteiger partial charge >= 0.3 is 0 Å². The minimum absolute atomic E-state index is 0.0291. The molecule has 0 aromatic heterocycles. The second-order valence-corrected chi connectivity index (χ2v) is 4.49. The zero-order valence-electron chi connectivity index (χ0n) is 11.7. The summed E-state index contributed by atoms with van der Waals surface area (Å²) >= 11 is 0. The fourth-order valence-corrected chi connectivity index (χ4v) is 2.09. The van der Waals surface area contributed by atoms with Gasteiger partial charge in [-0.25, -0.2) is 0 Å². The zero-order valence-corrected chi connectivity index (χ0v) is 11.7. The minimum Gasteiger partial charge on any atom is -0.497 e. The number of rotatable bonds is 5. The van der Waals surface area contributed by atoms with E-state index in [1.807, 2.05) is 42.5 Å². The number of nitrogens with two attached hydrogens (primary N) is 1. The van der Waals surface area contributed by atoms with E-state index in [4.69, 9.17) is 20.3 Å². The molecule has 20 heavy (non-hydrogen) atoms. The molecule has 0 heterocycles. The van der Waals surface area contributed by atoms with Gasteiger partial charge in [0.2, 0.25) is 0 Å². The molecule has 0 saturated carbocycles. The highest BCUT2D eigenvalue weighted by Gasteiger charge is 2.14. The van der Waals surface area contributed by atoms with Crippen molar-refractivity contribution in [1.82, 2.24) is 0 Å². The van der Waals surface area contributed by atoms with E-state index in [9.17, 15) is 0 Å². The number of methoxy groups -OCH3 is 2. The Morgan fingerprint density at radius 2 is 1.75 bits per heavy atom. The molecule has 0 radical (unpaired) electrons. The standard InChI is InChI=1S/C16H19NO3/c1-19-13-7-8-14(15(9-13)20-2)16(17)12-5-3-11(10-18)4-6-12/h3-9,16,18H,10,17H2,1-2H3. The normalized spacial score (nSPS) is 12.0. The van der Waals surface area contributed by atoms with Crippen molar-refractivity contribution in [2.75, 3.05) is 14.2 Å². The van der Waals surface area contributed by atoms with Crippen molar-refractivity contribution in [2.45, 2.75) is 12.6 Å². The van der Waals surface area contributed by atoms with Crippen LogP contribution in [0.2, 0.25) is 0 Å². The molecule has 0 saturated heterocycles. The number of hydrogen-bond donors (Lipinski definition) is 2. The summed E-state index contributed by atoms with van der Waals surface area (Å²) in [5, 5.41) is 9.06. The van der Waals surface area contributed by atoms with Gasteiger partial charge in [0, 0.05) is 11.6 Å². The molecule has 0 amide bonds. The highest BCUT2D eigenvalue weighted by molar-refractivity contribution is 5.46. The SMILES string of the molecule is COc1ccc(C(N)c2ccc(CO)cc2)c(OC)c1. The second kappa shape index (κ2) is 6.41. The van der Waals surface area contributed by atoms with Gasteiger partial charge in [-0.15, -0.1) is 0 Å². The Morgan fingerprint density at radius 3 is 2.30 bits per heavy atom. The summed E-state index contributed by atoms with van der Waals surface area (Å²) in [6.07, 6.45) is 0. The first kappa shape index (κ1) is 14.4. The van der Waals surface area contributed by atoms with Crippen molar-refractivity contribution in [3.63, 3.8) is 0 Å². The predicted octanol–water partition coefficient (Wildman–Crippen LogP) is 2.24. The summed E-state index contributed by atoms with van der Waals surface area (Å²) in [5.74, 6) is 1.43. The first-order valence-electron chi connectivity index (χ1n) is 6.36. The summed E-state index contributed by atoms with van der Waals surface area (Å²) in [7, 11) is 3.22. The van der Waals surface area contributed by atoms with E-state index in [0.29, 0.717) is 5.75 Å². The molecule has 0 spiro atoms. The van der Waals surface area contributed by atoms with Gasteiger partial charge < -0.3 is 20.3 Å². The van der Waals surface area contributed by atoms with E-state index in [2.05, 4.69) is 0 Å². The van der Waals surface area contributed by atoms with Gasteiger partial charge in [0.15, 0.2) is 0 Å². The maximum Gasteiger partial charge on any atom is 0.127 e. The topological polar surface area (TPSA) is 64.7 Å². The quantitative estimate of drug-likeness (QED) is 0.877. The van der Waals surface area contributed by atoms with Crippen LogP contribution in [-0.4, -0.2) is 19.3 Å². The van der Waals surface area contributed by atoms with E-state index >= 15 is 0 Å². The van der Waals surface area contributed by atoms with E-state index in [1.165, 1.54) is 0 Å². The lowest BCUT2D eigenvalue weighted by molar-refractivity contribution is 0.282. The van der Waals surface area contributed by atoms with E-state index < -0.39 is 0 Å². The Hall–Kier alpha value is -2.04. The Morgan fingerprint density at radius 1 is 1.05 bits per heavy atom. The van der Waals surface area contributed by atoms with Crippen LogP contribution in [0.4, 0.5) is 0 Å². The lowest BCUT2D eigenvalue weighted by Gasteiger charge is -2.17. The number of ether oxygens (including phenoxy) is 2. The van der Waals surface area contributed by atoms with Gasteiger partial charge in [-0.1, -0.05) is 24.3 Å². The lowest BCUT2D eigenvalue weighted by atomic mass is 9.97. The van der Waals surface area contributed by atoms with E-state index in [1.54, 1.807) is 14.2 Å². The maximum atomic E-state index is 9.06. The monoisotopic (exact) mass is 273 g/mol. The summed E-state index contributed by atoms with van der Waals surface area (Å²) < 4.78 is 10.6. The highest BCUT2D eigenvalue weighted by atomic mass is 16.5.